The molecule has 0 aliphatic carbocycles. The van der Waals surface area contributed by atoms with Gasteiger partial charge in [0.1, 0.15) is 0 Å². The highest BCUT2D eigenvalue weighted by Gasteiger charge is 2.12. The molecule has 0 saturated carbocycles. The highest BCUT2D eigenvalue weighted by molar-refractivity contribution is 9.10. The largest absolute Gasteiger partial charge is 0.478 e. The van der Waals surface area contributed by atoms with Crippen LogP contribution < -0.4 is 5.32 Å². The van der Waals surface area contributed by atoms with Crippen molar-refractivity contribution >= 4 is 33.5 Å². The zero-order valence-corrected chi connectivity index (χ0v) is 14.4. The van der Waals surface area contributed by atoms with Crippen molar-refractivity contribution < 1.29 is 14.7 Å². The third-order valence-corrected chi connectivity index (χ3v) is 3.97. The first-order valence-corrected chi connectivity index (χ1v) is 8.13. The maximum Gasteiger partial charge on any atom is 0.337 e. The Morgan fingerprint density at radius 1 is 1.13 bits per heavy atom. The number of amides is 1. The lowest BCUT2D eigenvalue weighted by Crippen LogP contribution is -2.14. The van der Waals surface area contributed by atoms with Crippen LogP contribution in [0, 0.1) is 6.92 Å². The van der Waals surface area contributed by atoms with E-state index in [2.05, 4.69) is 45.5 Å². The number of carboxylic acids is 1. The first kappa shape index (κ1) is 17.2. The Bertz CT molecular complexity index is 711. The van der Waals surface area contributed by atoms with Crippen LogP contribution in [0.3, 0.4) is 0 Å². The minimum Gasteiger partial charge on any atom is -0.478 e. The number of hydrogen-bond acceptors (Lipinski definition) is 2. The summed E-state index contributed by atoms with van der Waals surface area (Å²) in [5, 5.41) is 11.9. The molecule has 0 radical (unpaired) electrons. The Hall–Kier alpha value is -2.14. The van der Waals surface area contributed by atoms with E-state index in [1.54, 1.807) is 12.1 Å². The fourth-order valence-electron chi connectivity index (χ4n) is 2.22. The molecule has 2 aromatic carbocycles. The molecule has 0 bridgehead atoms. The summed E-state index contributed by atoms with van der Waals surface area (Å²) in [6.45, 7) is 2.04. The van der Waals surface area contributed by atoms with Crippen molar-refractivity contribution in [1.82, 2.24) is 0 Å². The zero-order valence-electron chi connectivity index (χ0n) is 12.8. The average molecular weight is 376 g/mol. The van der Waals surface area contributed by atoms with Crippen molar-refractivity contribution in [3.8, 4) is 0 Å². The number of carboxylic acid groups (broad SMARTS) is 1. The molecule has 1 amide bonds. The molecular weight excluding hydrogens is 358 g/mol. The van der Waals surface area contributed by atoms with Crippen LogP contribution in [0.4, 0.5) is 5.69 Å². The maximum atomic E-state index is 12.0. The van der Waals surface area contributed by atoms with Crippen LogP contribution in [0.5, 0.6) is 0 Å². The molecular formula is C18H18BrNO3. The molecule has 0 aliphatic heterocycles. The standard InChI is InChI=1S/C18H18BrNO3/c1-12-5-7-13(8-6-12)3-2-4-17(21)20-16-10-9-14(19)11-15(16)18(22)23/h5-11H,2-4H2,1H3,(H,20,21)(H,22,23). The summed E-state index contributed by atoms with van der Waals surface area (Å²) in [5.74, 6) is -1.25. The van der Waals surface area contributed by atoms with Crippen molar-refractivity contribution in [3.05, 3.63) is 63.6 Å². The second-order valence-corrected chi connectivity index (χ2v) is 6.30. The van der Waals surface area contributed by atoms with Crippen molar-refractivity contribution in [3.63, 3.8) is 0 Å². The van der Waals surface area contributed by atoms with E-state index < -0.39 is 5.97 Å². The summed E-state index contributed by atoms with van der Waals surface area (Å²) in [4.78, 5) is 23.2. The molecule has 0 fully saturated rings. The SMILES string of the molecule is Cc1ccc(CCCC(=O)Nc2ccc(Br)cc2C(=O)O)cc1. The second kappa shape index (κ2) is 7.92. The molecule has 0 saturated heterocycles. The topological polar surface area (TPSA) is 66.4 Å². The van der Waals surface area contributed by atoms with Crippen LogP contribution in [0.15, 0.2) is 46.9 Å². The van der Waals surface area contributed by atoms with Crippen LogP contribution in [0.25, 0.3) is 0 Å². The van der Waals surface area contributed by atoms with Crippen molar-refractivity contribution in [2.45, 2.75) is 26.2 Å². The molecule has 23 heavy (non-hydrogen) atoms. The van der Waals surface area contributed by atoms with Crippen LogP contribution in [-0.4, -0.2) is 17.0 Å². The smallest absolute Gasteiger partial charge is 0.337 e. The van der Waals surface area contributed by atoms with Gasteiger partial charge in [0.15, 0.2) is 0 Å². The number of nitrogens with one attached hydrogen (secondary N) is 1. The number of hydrogen-bond donors (Lipinski definition) is 2. The number of carbonyl (C=O) groups is 2. The predicted molar refractivity (Wildman–Crippen MR) is 93.8 cm³/mol. The number of benzene rings is 2. The van der Waals surface area contributed by atoms with Crippen molar-refractivity contribution in [2.24, 2.45) is 0 Å². The number of anilines is 1. The molecule has 2 N–H and O–H groups in total. The normalized spacial score (nSPS) is 10.3. The zero-order chi connectivity index (χ0) is 16.8. The molecule has 0 spiro atoms. The average Bonchev–Trinajstić information content (AvgIpc) is 2.51. The van der Waals surface area contributed by atoms with E-state index in [4.69, 9.17) is 0 Å². The number of rotatable bonds is 6. The summed E-state index contributed by atoms with van der Waals surface area (Å²) >= 11 is 3.23. The van der Waals surface area contributed by atoms with Gasteiger partial charge in [0.2, 0.25) is 5.91 Å². The van der Waals surface area contributed by atoms with Gasteiger partial charge >= 0.3 is 5.97 Å². The lowest BCUT2D eigenvalue weighted by atomic mass is 10.1. The van der Waals surface area contributed by atoms with Crippen LogP contribution in [0.2, 0.25) is 0 Å². The summed E-state index contributed by atoms with van der Waals surface area (Å²) in [6, 6.07) is 13.0. The van der Waals surface area contributed by atoms with Gasteiger partial charge in [-0.15, -0.1) is 0 Å². The van der Waals surface area contributed by atoms with Crippen molar-refractivity contribution in [2.75, 3.05) is 5.32 Å². The fourth-order valence-corrected chi connectivity index (χ4v) is 2.58. The lowest BCUT2D eigenvalue weighted by Gasteiger charge is -2.09. The Labute approximate surface area is 143 Å². The molecule has 5 heteroatoms. The molecule has 0 aromatic heterocycles. The molecule has 0 unspecified atom stereocenters. The Morgan fingerprint density at radius 2 is 1.83 bits per heavy atom. The van der Waals surface area contributed by atoms with Gasteiger partial charge in [-0.1, -0.05) is 45.8 Å². The summed E-state index contributed by atoms with van der Waals surface area (Å²) < 4.78 is 0.660. The Morgan fingerprint density at radius 3 is 2.48 bits per heavy atom. The van der Waals surface area contributed by atoms with Gasteiger partial charge in [-0.25, -0.2) is 4.79 Å². The molecule has 2 aromatic rings. The maximum absolute atomic E-state index is 12.0. The second-order valence-electron chi connectivity index (χ2n) is 5.38. The quantitative estimate of drug-likeness (QED) is 0.785. The van der Waals surface area contributed by atoms with E-state index >= 15 is 0 Å². The van der Waals surface area contributed by atoms with E-state index in [-0.39, 0.29) is 11.5 Å². The van der Waals surface area contributed by atoms with Gasteiger partial charge in [-0.3, -0.25) is 4.79 Å². The van der Waals surface area contributed by atoms with Crippen LogP contribution in [0.1, 0.15) is 34.3 Å². The number of carbonyl (C=O) groups excluding carboxylic acids is 1. The molecule has 0 atom stereocenters. The number of halogens is 1. The van der Waals surface area contributed by atoms with Gasteiger partial charge in [0.05, 0.1) is 11.3 Å². The Balaban J connectivity index is 1.90. The third-order valence-electron chi connectivity index (χ3n) is 3.48. The molecule has 0 aliphatic rings. The van der Waals surface area contributed by atoms with E-state index in [0.717, 1.165) is 6.42 Å². The lowest BCUT2D eigenvalue weighted by molar-refractivity contribution is -0.116. The minimum atomic E-state index is -1.07. The van der Waals surface area contributed by atoms with Crippen LogP contribution >= 0.6 is 15.9 Å². The number of aromatic carboxylic acids is 1. The molecule has 120 valence electrons. The molecule has 0 heterocycles. The van der Waals surface area contributed by atoms with Gasteiger partial charge in [-0.05, 0) is 43.5 Å². The highest BCUT2D eigenvalue weighted by Crippen LogP contribution is 2.21. The first-order valence-electron chi connectivity index (χ1n) is 7.34. The predicted octanol–water partition coefficient (Wildman–Crippen LogP) is 4.42. The third kappa shape index (κ3) is 5.21. The van der Waals surface area contributed by atoms with E-state index in [1.807, 2.05) is 6.92 Å². The summed E-state index contributed by atoms with van der Waals surface area (Å²) in [6.07, 6.45) is 1.89. The van der Waals surface area contributed by atoms with E-state index in [1.165, 1.54) is 17.2 Å². The first-order chi connectivity index (χ1) is 11.0. The monoisotopic (exact) mass is 375 g/mol. The van der Waals surface area contributed by atoms with E-state index in [0.29, 0.717) is 23.0 Å². The van der Waals surface area contributed by atoms with Gasteiger partial charge in [0.25, 0.3) is 0 Å². The highest BCUT2D eigenvalue weighted by atomic mass is 79.9. The van der Waals surface area contributed by atoms with Gasteiger partial charge in [-0.2, -0.15) is 0 Å². The van der Waals surface area contributed by atoms with Gasteiger partial charge in [0, 0.05) is 10.9 Å². The van der Waals surface area contributed by atoms with Gasteiger partial charge < -0.3 is 10.4 Å². The summed E-state index contributed by atoms with van der Waals surface area (Å²) in [5.41, 5.74) is 2.80. The molecule has 4 nitrogen and oxygen atoms in total. The number of aryl methyl sites for hydroxylation is 2. The fraction of sp³-hybridized carbons (Fsp3) is 0.222. The van der Waals surface area contributed by atoms with E-state index in [9.17, 15) is 14.7 Å². The van der Waals surface area contributed by atoms with Crippen molar-refractivity contribution in [1.29, 1.82) is 0 Å². The molecule has 2 rings (SSSR count). The van der Waals surface area contributed by atoms with Crippen LogP contribution in [-0.2, 0) is 11.2 Å². The minimum absolute atomic E-state index is 0.0752. The summed E-state index contributed by atoms with van der Waals surface area (Å²) in [7, 11) is 0. The Kier molecular flexibility index (Phi) is 5.93.